The molecule has 0 saturated carbocycles. The Bertz CT molecular complexity index is 648. The van der Waals surface area contributed by atoms with Crippen molar-refractivity contribution in [2.75, 3.05) is 6.61 Å². The first-order valence-electron chi connectivity index (χ1n) is 7.71. The van der Waals surface area contributed by atoms with Crippen LogP contribution in [-0.4, -0.2) is 6.61 Å². The minimum atomic E-state index is -0.0152. The van der Waals surface area contributed by atoms with Crippen LogP contribution >= 0.6 is 0 Å². The first-order chi connectivity index (χ1) is 10.1. The number of hydrogen-bond donors (Lipinski definition) is 1. The SMILES string of the molecule is Cc1ccc(C)c(CC(N)c2cccc3c2OCCC3)c1. The van der Waals surface area contributed by atoms with Gasteiger partial charge in [0.1, 0.15) is 5.75 Å². The molecule has 110 valence electrons. The molecule has 2 nitrogen and oxygen atoms in total. The number of benzene rings is 2. The number of aryl methyl sites for hydroxylation is 3. The molecule has 0 saturated heterocycles. The Balaban J connectivity index is 1.89. The summed E-state index contributed by atoms with van der Waals surface area (Å²) in [5, 5.41) is 0. The molecule has 1 unspecified atom stereocenters. The van der Waals surface area contributed by atoms with Gasteiger partial charge in [-0.15, -0.1) is 0 Å². The summed E-state index contributed by atoms with van der Waals surface area (Å²) in [6.07, 6.45) is 3.05. The van der Waals surface area contributed by atoms with E-state index in [2.05, 4.69) is 50.2 Å². The van der Waals surface area contributed by atoms with E-state index >= 15 is 0 Å². The Morgan fingerprint density at radius 3 is 2.90 bits per heavy atom. The average molecular weight is 281 g/mol. The molecule has 0 fully saturated rings. The normalized spacial score (nSPS) is 15.2. The maximum atomic E-state index is 6.49. The lowest BCUT2D eigenvalue weighted by Crippen LogP contribution is -2.18. The minimum absolute atomic E-state index is 0.0152. The van der Waals surface area contributed by atoms with Crippen LogP contribution in [0.15, 0.2) is 36.4 Å². The highest BCUT2D eigenvalue weighted by Crippen LogP contribution is 2.33. The Labute approximate surface area is 126 Å². The lowest BCUT2D eigenvalue weighted by molar-refractivity contribution is 0.283. The van der Waals surface area contributed by atoms with Gasteiger partial charge in [0.25, 0.3) is 0 Å². The van der Waals surface area contributed by atoms with Crippen molar-refractivity contribution in [3.8, 4) is 5.75 Å². The van der Waals surface area contributed by atoms with Crippen molar-refractivity contribution in [3.05, 3.63) is 64.2 Å². The topological polar surface area (TPSA) is 35.2 Å². The zero-order valence-corrected chi connectivity index (χ0v) is 12.9. The van der Waals surface area contributed by atoms with Crippen LogP contribution in [0.1, 0.15) is 40.3 Å². The molecule has 3 rings (SSSR count). The smallest absolute Gasteiger partial charge is 0.127 e. The minimum Gasteiger partial charge on any atom is -0.493 e. The number of rotatable bonds is 3. The molecule has 0 radical (unpaired) electrons. The summed E-state index contributed by atoms with van der Waals surface area (Å²) < 4.78 is 5.89. The van der Waals surface area contributed by atoms with E-state index in [1.165, 1.54) is 22.3 Å². The molecule has 1 aliphatic heterocycles. The maximum Gasteiger partial charge on any atom is 0.127 e. The Morgan fingerprint density at radius 2 is 2.05 bits per heavy atom. The molecule has 0 spiro atoms. The molecule has 1 atom stereocenters. The number of hydrogen-bond acceptors (Lipinski definition) is 2. The molecule has 2 aromatic rings. The van der Waals surface area contributed by atoms with Crippen LogP contribution in [0.3, 0.4) is 0 Å². The third-order valence-electron chi connectivity index (χ3n) is 4.31. The summed E-state index contributed by atoms with van der Waals surface area (Å²) in [6.45, 7) is 5.08. The highest BCUT2D eigenvalue weighted by atomic mass is 16.5. The fraction of sp³-hybridized carbons (Fsp3) is 0.368. The third-order valence-corrected chi connectivity index (χ3v) is 4.31. The van der Waals surface area contributed by atoms with E-state index in [0.29, 0.717) is 0 Å². The molecule has 1 aliphatic rings. The number of nitrogens with two attached hydrogens (primary N) is 1. The van der Waals surface area contributed by atoms with Crippen molar-refractivity contribution in [3.63, 3.8) is 0 Å². The van der Waals surface area contributed by atoms with Gasteiger partial charge in [-0.1, -0.05) is 42.0 Å². The van der Waals surface area contributed by atoms with E-state index in [9.17, 15) is 0 Å². The van der Waals surface area contributed by atoms with E-state index in [-0.39, 0.29) is 6.04 Å². The Morgan fingerprint density at radius 1 is 1.19 bits per heavy atom. The van der Waals surface area contributed by atoms with Gasteiger partial charge in [0.15, 0.2) is 0 Å². The van der Waals surface area contributed by atoms with Gasteiger partial charge >= 0.3 is 0 Å². The molecule has 2 N–H and O–H groups in total. The fourth-order valence-corrected chi connectivity index (χ4v) is 3.07. The second kappa shape index (κ2) is 5.90. The molecule has 0 aliphatic carbocycles. The molecule has 0 aromatic heterocycles. The highest BCUT2D eigenvalue weighted by molar-refractivity contribution is 5.45. The van der Waals surface area contributed by atoms with Crippen molar-refractivity contribution in [2.45, 2.75) is 39.2 Å². The van der Waals surface area contributed by atoms with Gasteiger partial charge in [-0.3, -0.25) is 0 Å². The molecule has 1 heterocycles. The van der Waals surface area contributed by atoms with E-state index < -0.39 is 0 Å². The number of para-hydroxylation sites is 1. The molecule has 2 heteroatoms. The molecule has 2 aromatic carbocycles. The highest BCUT2D eigenvalue weighted by Gasteiger charge is 2.19. The van der Waals surface area contributed by atoms with Crippen molar-refractivity contribution >= 4 is 0 Å². The lowest BCUT2D eigenvalue weighted by Gasteiger charge is -2.23. The summed E-state index contributed by atoms with van der Waals surface area (Å²) >= 11 is 0. The molecule has 0 amide bonds. The molecule has 0 bridgehead atoms. The monoisotopic (exact) mass is 281 g/mol. The zero-order valence-electron chi connectivity index (χ0n) is 12.9. The predicted octanol–water partition coefficient (Wildman–Crippen LogP) is 3.87. The summed E-state index contributed by atoms with van der Waals surface area (Å²) in [4.78, 5) is 0. The molecule has 21 heavy (non-hydrogen) atoms. The maximum absolute atomic E-state index is 6.49. The van der Waals surface area contributed by atoms with Crippen LogP contribution in [0.5, 0.6) is 5.75 Å². The van der Waals surface area contributed by atoms with Crippen LogP contribution in [0, 0.1) is 13.8 Å². The second-order valence-electron chi connectivity index (χ2n) is 6.03. The summed E-state index contributed by atoms with van der Waals surface area (Å²) in [5.41, 5.74) is 12.9. The van der Waals surface area contributed by atoms with Crippen LogP contribution < -0.4 is 10.5 Å². The van der Waals surface area contributed by atoms with Crippen molar-refractivity contribution in [2.24, 2.45) is 5.73 Å². The van der Waals surface area contributed by atoms with Crippen molar-refractivity contribution in [1.29, 1.82) is 0 Å². The summed E-state index contributed by atoms with van der Waals surface area (Å²) in [6, 6.07) is 12.9. The van der Waals surface area contributed by atoms with Crippen LogP contribution in [0.4, 0.5) is 0 Å². The largest absolute Gasteiger partial charge is 0.493 e. The first kappa shape index (κ1) is 14.2. The summed E-state index contributed by atoms with van der Waals surface area (Å²) in [7, 11) is 0. The summed E-state index contributed by atoms with van der Waals surface area (Å²) in [5.74, 6) is 1.03. The average Bonchev–Trinajstić information content (AvgIpc) is 2.50. The Hall–Kier alpha value is -1.80. The quantitative estimate of drug-likeness (QED) is 0.927. The predicted molar refractivity (Wildman–Crippen MR) is 86.8 cm³/mol. The van der Waals surface area contributed by atoms with E-state index in [0.717, 1.165) is 37.2 Å². The van der Waals surface area contributed by atoms with Gasteiger partial charge in [-0.2, -0.15) is 0 Å². The van der Waals surface area contributed by atoms with Gasteiger partial charge < -0.3 is 10.5 Å². The van der Waals surface area contributed by atoms with Gasteiger partial charge in [-0.25, -0.2) is 0 Å². The van der Waals surface area contributed by atoms with Gasteiger partial charge in [0.2, 0.25) is 0 Å². The van der Waals surface area contributed by atoms with E-state index in [4.69, 9.17) is 10.5 Å². The molecular weight excluding hydrogens is 258 g/mol. The fourth-order valence-electron chi connectivity index (χ4n) is 3.07. The van der Waals surface area contributed by atoms with Crippen molar-refractivity contribution in [1.82, 2.24) is 0 Å². The van der Waals surface area contributed by atoms with Gasteiger partial charge in [-0.05, 0) is 49.8 Å². The van der Waals surface area contributed by atoms with Gasteiger partial charge in [0, 0.05) is 11.6 Å². The lowest BCUT2D eigenvalue weighted by atomic mass is 9.92. The standard InChI is InChI=1S/C19H23NO/c1-13-8-9-14(2)16(11-13)12-18(20)17-7-3-5-15-6-4-10-21-19(15)17/h3,5,7-9,11,18H,4,6,10,12,20H2,1-2H3. The first-order valence-corrected chi connectivity index (χ1v) is 7.71. The van der Waals surface area contributed by atoms with E-state index in [1.807, 2.05) is 0 Å². The van der Waals surface area contributed by atoms with Crippen LogP contribution in [0.2, 0.25) is 0 Å². The number of ether oxygens (including phenoxy) is 1. The van der Waals surface area contributed by atoms with Crippen LogP contribution in [-0.2, 0) is 12.8 Å². The Kier molecular flexibility index (Phi) is 3.98. The molecular formula is C19H23NO. The third kappa shape index (κ3) is 2.96. The van der Waals surface area contributed by atoms with Crippen LogP contribution in [0.25, 0.3) is 0 Å². The second-order valence-corrected chi connectivity index (χ2v) is 6.03. The van der Waals surface area contributed by atoms with Gasteiger partial charge in [0.05, 0.1) is 6.61 Å². The zero-order chi connectivity index (χ0) is 14.8. The number of fused-ring (bicyclic) bond motifs is 1. The van der Waals surface area contributed by atoms with E-state index in [1.54, 1.807) is 0 Å². The van der Waals surface area contributed by atoms with Crippen molar-refractivity contribution < 1.29 is 4.74 Å².